The van der Waals surface area contributed by atoms with E-state index in [9.17, 15) is 9.59 Å². The maximum atomic E-state index is 12.5. The smallest absolute Gasteiger partial charge is 0.277 e. The summed E-state index contributed by atoms with van der Waals surface area (Å²) >= 11 is 0. The number of aromatic nitrogens is 5. The van der Waals surface area contributed by atoms with Gasteiger partial charge >= 0.3 is 0 Å². The minimum absolute atomic E-state index is 0.111. The first-order valence-corrected chi connectivity index (χ1v) is 10.2. The third kappa shape index (κ3) is 3.62. The van der Waals surface area contributed by atoms with Crippen molar-refractivity contribution in [1.82, 2.24) is 24.5 Å². The van der Waals surface area contributed by atoms with Crippen LogP contribution >= 0.6 is 0 Å². The topological polar surface area (TPSA) is 94.7 Å². The number of benzene rings is 3. The van der Waals surface area contributed by atoms with E-state index in [1.165, 1.54) is 4.68 Å². The fourth-order valence-electron chi connectivity index (χ4n) is 3.71. The highest BCUT2D eigenvalue weighted by molar-refractivity contribution is 5.91. The first-order chi connectivity index (χ1) is 15.6. The Bertz CT molecular complexity index is 1500. The quantitative estimate of drug-likeness (QED) is 0.467. The number of imidazole rings is 1. The van der Waals surface area contributed by atoms with Crippen LogP contribution in [0.2, 0.25) is 0 Å². The number of carbonyl (C=O) groups excluding carboxylic acids is 1. The van der Waals surface area contributed by atoms with Crippen molar-refractivity contribution in [2.75, 3.05) is 5.32 Å². The van der Waals surface area contributed by atoms with E-state index in [0.29, 0.717) is 16.6 Å². The number of hydrogen-bond acceptors (Lipinski definition) is 5. The van der Waals surface area contributed by atoms with E-state index in [-0.39, 0.29) is 24.4 Å². The lowest BCUT2D eigenvalue weighted by Crippen LogP contribution is -2.26. The van der Waals surface area contributed by atoms with Crippen LogP contribution in [0.4, 0.5) is 5.69 Å². The molecule has 1 N–H and O–H groups in total. The lowest BCUT2D eigenvalue weighted by atomic mass is 10.2. The Morgan fingerprint density at radius 2 is 1.66 bits per heavy atom. The van der Waals surface area contributed by atoms with E-state index in [1.54, 1.807) is 24.3 Å². The molecule has 0 spiro atoms. The molecule has 0 saturated heterocycles. The van der Waals surface area contributed by atoms with Gasteiger partial charge < -0.3 is 9.88 Å². The Morgan fingerprint density at radius 3 is 2.44 bits per heavy atom. The summed E-state index contributed by atoms with van der Waals surface area (Å²) in [6.45, 7) is 0.153. The number of fused-ring (bicyclic) bond motifs is 2. The van der Waals surface area contributed by atoms with Crippen molar-refractivity contribution in [1.29, 1.82) is 0 Å². The largest absolute Gasteiger partial charge is 0.327 e. The molecule has 5 aromatic rings. The molecular weight excluding hydrogens is 404 g/mol. The van der Waals surface area contributed by atoms with Crippen LogP contribution in [0.25, 0.3) is 33.3 Å². The molecule has 158 valence electrons. The molecule has 0 saturated carbocycles. The van der Waals surface area contributed by atoms with E-state index in [1.807, 2.05) is 60.1 Å². The second-order valence-corrected chi connectivity index (χ2v) is 7.49. The van der Waals surface area contributed by atoms with Crippen LogP contribution in [0.15, 0.2) is 77.6 Å². The Morgan fingerprint density at radius 1 is 0.938 bits per heavy atom. The van der Waals surface area contributed by atoms with Crippen molar-refractivity contribution in [3.8, 4) is 11.4 Å². The summed E-state index contributed by atoms with van der Waals surface area (Å²) in [6, 6.07) is 22.5. The summed E-state index contributed by atoms with van der Waals surface area (Å²) in [5, 5.41) is 11.3. The summed E-state index contributed by atoms with van der Waals surface area (Å²) in [6.07, 6.45) is 0.111. The number of nitrogens with zero attached hydrogens (tertiary/aromatic N) is 5. The molecule has 1 amide bonds. The van der Waals surface area contributed by atoms with E-state index in [2.05, 4.69) is 15.6 Å². The van der Waals surface area contributed by atoms with Crippen LogP contribution in [0, 0.1) is 0 Å². The van der Waals surface area contributed by atoms with Crippen molar-refractivity contribution >= 4 is 33.5 Å². The van der Waals surface area contributed by atoms with Crippen LogP contribution in [-0.2, 0) is 18.4 Å². The molecular formula is C24H20N6O2. The molecule has 8 heteroatoms. The fourth-order valence-corrected chi connectivity index (χ4v) is 3.71. The van der Waals surface area contributed by atoms with Gasteiger partial charge in [0.05, 0.1) is 23.0 Å². The Kier molecular flexibility index (Phi) is 4.95. The highest BCUT2D eigenvalue weighted by Crippen LogP contribution is 2.24. The van der Waals surface area contributed by atoms with Gasteiger partial charge in [-0.05, 0) is 48.5 Å². The van der Waals surface area contributed by atoms with Crippen LogP contribution in [0.3, 0.4) is 0 Å². The van der Waals surface area contributed by atoms with Crippen molar-refractivity contribution in [2.24, 2.45) is 7.05 Å². The van der Waals surface area contributed by atoms with Gasteiger partial charge in [-0.25, -0.2) is 9.67 Å². The van der Waals surface area contributed by atoms with Gasteiger partial charge in [0.15, 0.2) is 0 Å². The zero-order valence-electron chi connectivity index (χ0n) is 17.4. The average Bonchev–Trinajstić information content (AvgIpc) is 3.16. The van der Waals surface area contributed by atoms with Crippen molar-refractivity contribution < 1.29 is 4.79 Å². The molecule has 2 aromatic heterocycles. The molecule has 0 atom stereocenters. The minimum atomic E-state index is -0.254. The van der Waals surface area contributed by atoms with Crippen LogP contribution in [0.5, 0.6) is 0 Å². The normalized spacial score (nSPS) is 11.2. The van der Waals surface area contributed by atoms with Crippen LogP contribution in [-0.4, -0.2) is 30.5 Å². The maximum Gasteiger partial charge on any atom is 0.277 e. The lowest BCUT2D eigenvalue weighted by molar-refractivity contribution is -0.116. The van der Waals surface area contributed by atoms with Crippen molar-refractivity contribution in [3.63, 3.8) is 0 Å². The fraction of sp³-hybridized carbons (Fsp3) is 0.125. The Labute approximate surface area is 183 Å². The van der Waals surface area contributed by atoms with E-state index in [0.717, 1.165) is 22.4 Å². The van der Waals surface area contributed by atoms with Crippen molar-refractivity contribution in [2.45, 2.75) is 13.0 Å². The summed E-state index contributed by atoms with van der Waals surface area (Å²) < 4.78 is 3.27. The molecule has 0 aliphatic rings. The van der Waals surface area contributed by atoms with Crippen LogP contribution < -0.4 is 10.9 Å². The predicted molar refractivity (Wildman–Crippen MR) is 123 cm³/mol. The molecule has 0 unspecified atom stereocenters. The van der Waals surface area contributed by atoms with Gasteiger partial charge in [-0.2, -0.15) is 0 Å². The van der Waals surface area contributed by atoms with E-state index < -0.39 is 0 Å². The minimum Gasteiger partial charge on any atom is -0.327 e. The molecule has 2 heterocycles. The SMILES string of the molecule is Cn1c(-c2ccc(NC(=O)CCn3nnc4ccccc4c3=O)cc2)nc2ccccc21. The van der Waals surface area contributed by atoms with Gasteiger partial charge in [0.25, 0.3) is 5.56 Å². The highest BCUT2D eigenvalue weighted by Gasteiger charge is 2.11. The lowest BCUT2D eigenvalue weighted by Gasteiger charge is -2.08. The Balaban J connectivity index is 1.26. The first-order valence-electron chi connectivity index (χ1n) is 10.2. The molecule has 32 heavy (non-hydrogen) atoms. The highest BCUT2D eigenvalue weighted by atomic mass is 16.2. The number of anilines is 1. The molecule has 3 aromatic carbocycles. The first kappa shape index (κ1) is 19.6. The maximum absolute atomic E-state index is 12.5. The monoisotopic (exact) mass is 424 g/mol. The predicted octanol–water partition coefficient (Wildman–Crippen LogP) is 3.37. The standard InChI is InChI=1S/C24H20N6O2/c1-29-21-9-5-4-8-20(21)26-23(29)16-10-12-17(13-11-16)25-22(31)14-15-30-24(32)18-6-2-3-7-19(18)27-28-30/h2-13H,14-15H2,1H3,(H,25,31). The molecule has 0 radical (unpaired) electrons. The molecule has 0 aliphatic heterocycles. The number of amides is 1. The van der Waals surface area contributed by atoms with E-state index in [4.69, 9.17) is 4.98 Å². The third-order valence-corrected chi connectivity index (χ3v) is 5.39. The molecule has 0 bridgehead atoms. The van der Waals surface area contributed by atoms with Gasteiger partial charge in [0, 0.05) is 24.7 Å². The molecule has 8 nitrogen and oxygen atoms in total. The Hall–Kier alpha value is -4.33. The molecule has 5 rings (SSSR count). The number of rotatable bonds is 5. The molecule has 0 fully saturated rings. The summed E-state index contributed by atoms with van der Waals surface area (Å²) in [5.74, 6) is 0.653. The summed E-state index contributed by atoms with van der Waals surface area (Å²) in [7, 11) is 1.98. The third-order valence-electron chi connectivity index (χ3n) is 5.39. The zero-order chi connectivity index (χ0) is 22.1. The molecule has 0 aliphatic carbocycles. The van der Waals surface area contributed by atoms with Gasteiger partial charge in [0.1, 0.15) is 11.3 Å². The van der Waals surface area contributed by atoms with Crippen molar-refractivity contribution in [3.05, 3.63) is 83.2 Å². The summed E-state index contributed by atoms with van der Waals surface area (Å²) in [5.41, 5.74) is 3.92. The average molecular weight is 424 g/mol. The number of para-hydroxylation sites is 2. The number of aryl methyl sites for hydroxylation is 2. The second-order valence-electron chi connectivity index (χ2n) is 7.49. The van der Waals surface area contributed by atoms with Gasteiger partial charge in [-0.15, -0.1) is 5.10 Å². The van der Waals surface area contributed by atoms with Crippen LogP contribution in [0.1, 0.15) is 6.42 Å². The zero-order valence-corrected chi connectivity index (χ0v) is 17.4. The van der Waals surface area contributed by atoms with Gasteiger partial charge in [-0.1, -0.05) is 29.5 Å². The van der Waals surface area contributed by atoms with E-state index >= 15 is 0 Å². The summed E-state index contributed by atoms with van der Waals surface area (Å²) in [4.78, 5) is 29.6. The van der Waals surface area contributed by atoms with Gasteiger partial charge in [0.2, 0.25) is 5.91 Å². The van der Waals surface area contributed by atoms with Gasteiger partial charge in [-0.3, -0.25) is 9.59 Å². The second kappa shape index (κ2) is 8.07. The number of nitrogens with one attached hydrogen (secondary N) is 1. The number of hydrogen-bond donors (Lipinski definition) is 1. The number of carbonyl (C=O) groups is 1.